The molecule has 0 spiro atoms. The third kappa shape index (κ3) is 0.899. The zero-order chi connectivity index (χ0) is 5.28. The van der Waals surface area contributed by atoms with Gasteiger partial charge in [-0.1, -0.05) is 0 Å². The Hall–Kier alpha value is -0.570. The van der Waals surface area contributed by atoms with Crippen LogP contribution < -0.4 is 5.43 Å². The molecule has 0 fully saturated rings. The van der Waals surface area contributed by atoms with Crippen molar-refractivity contribution >= 4 is 6.21 Å². The van der Waals surface area contributed by atoms with Crippen molar-refractivity contribution in [3.63, 3.8) is 0 Å². The Morgan fingerprint density at radius 1 is 1.86 bits per heavy atom. The first-order chi connectivity index (χ1) is 3.29. The summed E-state index contributed by atoms with van der Waals surface area (Å²) >= 11 is 0. The maximum absolute atomic E-state index is 4.00. The van der Waals surface area contributed by atoms with E-state index >= 15 is 0 Å². The number of hydrogen-bond donors (Lipinski definition) is 0. The van der Waals surface area contributed by atoms with Crippen LogP contribution in [0.3, 0.4) is 0 Å². The molecule has 1 atom stereocenters. The third-order valence-electron chi connectivity index (χ3n) is 0.799. The van der Waals surface area contributed by atoms with Crippen molar-refractivity contribution in [3.8, 4) is 0 Å². The fourth-order valence-electron chi connectivity index (χ4n) is 0.516. The average Bonchev–Trinajstić information content (AvgIpc) is 1.87. The lowest BCUT2D eigenvalue weighted by Crippen LogP contribution is -2.22. The second-order valence-electron chi connectivity index (χ2n) is 1.61. The summed E-state index contributed by atoms with van der Waals surface area (Å²) in [6, 6.07) is 0.282. The van der Waals surface area contributed by atoms with Gasteiger partial charge in [-0.15, -0.1) is 5.10 Å². The Kier molecular flexibility index (Phi) is 0.982. The predicted octanol–water partition coefficient (Wildman–Crippen LogP) is -0.175. The van der Waals surface area contributed by atoms with E-state index in [1.54, 1.807) is 11.3 Å². The molecule has 1 rings (SSSR count). The molecule has 1 unspecified atom stereocenters. The molecule has 0 aromatic carbocycles. The summed E-state index contributed by atoms with van der Waals surface area (Å²) in [5, 5.41) is 5.43. The minimum atomic E-state index is 0.282. The van der Waals surface area contributed by atoms with Crippen molar-refractivity contribution in [2.75, 3.05) is 7.05 Å². The predicted molar refractivity (Wildman–Crippen MR) is 27.9 cm³/mol. The third-order valence-corrected chi connectivity index (χ3v) is 0.799. The molecule has 0 aromatic rings. The zero-order valence-corrected chi connectivity index (χ0v) is 4.50. The van der Waals surface area contributed by atoms with Gasteiger partial charge < -0.3 is 0 Å². The van der Waals surface area contributed by atoms with E-state index in [1.807, 2.05) is 14.0 Å². The topological polar surface area (TPSA) is 29.7 Å². The lowest BCUT2D eigenvalue weighted by molar-refractivity contribution is 0.257. The van der Waals surface area contributed by atoms with Crippen LogP contribution >= 0.6 is 0 Å². The Balaban J connectivity index is 2.42. The number of nitrogens with zero attached hydrogens (tertiary/aromatic N) is 3. The van der Waals surface area contributed by atoms with Crippen LogP contribution in [0.25, 0.3) is 0 Å². The van der Waals surface area contributed by atoms with Gasteiger partial charge in [0.2, 0.25) is 5.43 Å². The van der Waals surface area contributed by atoms with Crippen molar-refractivity contribution in [3.05, 3.63) is 0 Å². The number of hydrazone groups is 1. The molecule has 3 nitrogen and oxygen atoms in total. The molecule has 38 valence electrons. The zero-order valence-electron chi connectivity index (χ0n) is 4.50. The first kappa shape index (κ1) is 4.59. The molecule has 0 saturated carbocycles. The Labute approximate surface area is 43.0 Å². The summed E-state index contributed by atoms with van der Waals surface area (Å²) in [4.78, 5) is 0. The van der Waals surface area contributed by atoms with E-state index in [0.29, 0.717) is 0 Å². The Morgan fingerprint density at radius 3 is 2.71 bits per heavy atom. The summed E-state index contributed by atoms with van der Waals surface area (Å²) in [5.41, 5.74) is 4.00. The summed E-state index contributed by atoms with van der Waals surface area (Å²) in [6.07, 6.45) is 1.81. The van der Waals surface area contributed by atoms with Crippen LogP contribution in [0.1, 0.15) is 6.92 Å². The second-order valence-corrected chi connectivity index (χ2v) is 1.61. The van der Waals surface area contributed by atoms with Crippen LogP contribution in [-0.2, 0) is 0 Å². The van der Waals surface area contributed by atoms with E-state index in [1.165, 1.54) is 0 Å². The highest BCUT2D eigenvalue weighted by molar-refractivity contribution is 5.64. The standard InChI is InChI=1S/C4H8N3/c1-4-3-5-7(2)6-4/h3-4H,1-2H3/q+1. The van der Waals surface area contributed by atoms with E-state index in [4.69, 9.17) is 0 Å². The summed E-state index contributed by atoms with van der Waals surface area (Å²) in [5.74, 6) is 0. The Morgan fingerprint density at radius 2 is 2.57 bits per heavy atom. The molecule has 0 saturated heterocycles. The van der Waals surface area contributed by atoms with Crippen LogP contribution in [0.15, 0.2) is 5.10 Å². The van der Waals surface area contributed by atoms with Gasteiger partial charge in [-0.25, -0.2) is 0 Å². The van der Waals surface area contributed by atoms with Gasteiger partial charge in [0.25, 0.3) is 6.04 Å². The van der Waals surface area contributed by atoms with Crippen LogP contribution in [0.5, 0.6) is 0 Å². The smallest absolute Gasteiger partial charge is 0.125 e. The van der Waals surface area contributed by atoms with Crippen molar-refractivity contribution in [1.29, 1.82) is 0 Å². The lowest BCUT2D eigenvalue weighted by atomic mass is 10.4. The van der Waals surface area contributed by atoms with Gasteiger partial charge in [0.05, 0.1) is 7.05 Å². The van der Waals surface area contributed by atoms with Crippen molar-refractivity contribution in [1.82, 2.24) is 10.5 Å². The SMILES string of the molecule is CC1C=NN(C)[N+]1. The first-order valence-corrected chi connectivity index (χ1v) is 2.27. The highest BCUT2D eigenvalue weighted by atomic mass is 15.7. The van der Waals surface area contributed by atoms with Crippen molar-refractivity contribution in [2.24, 2.45) is 5.10 Å². The molecule has 1 aliphatic heterocycles. The average molecular weight is 98.1 g/mol. The minimum Gasteiger partial charge on any atom is -0.125 e. The van der Waals surface area contributed by atoms with E-state index < -0.39 is 0 Å². The quantitative estimate of drug-likeness (QED) is 0.413. The van der Waals surface area contributed by atoms with E-state index in [-0.39, 0.29) is 6.04 Å². The summed E-state index contributed by atoms with van der Waals surface area (Å²) in [6.45, 7) is 1.99. The van der Waals surface area contributed by atoms with Crippen LogP contribution in [0, 0.1) is 0 Å². The van der Waals surface area contributed by atoms with E-state index in [9.17, 15) is 0 Å². The van der Waals surface area contributed by atoms with Gasteiger partial charge in [0.1, 0.15) is 6.21 Å². The molecular weight excluding hydrogens is 90.1 g/mol. The summed E-state index contributed by atoms with van der Waals surface area (Å²) < 4.78 is 0. The van der Waals surface area contributed by atoms with Gasteiger partial charge >= 0.3 is 0 Å². The molecule has 1 aliphatic rings. The molecule has 2 radical (unpaired) electrons. The molecule has 1 heterocycles. The Bertz CT molecular complexity index is 78.9. The van der Waals surface area contributed by atoms with Gasteiger partial charge in [-0.2, -0.15) is 0 Å². The molecule has 0 aromatic heterocycles. The highest BCUT2D eigenvalue weighted by Gasteiger charge is 2.24. The highest BCUT2D eigenvalue weighted by Crippen LogP contribution is 1.91. The first-order valence-electron chi connectivity index (χ1n) is 2.27. The molecular formula is C4H8N3+. The van der Waals surface area contributed by atoms with E-state index in [2.05, 4.69) is 10.5 Å². The fraction of sp³-hybridized carbons (Fsp3) is 0.750. The minimum absolute atomic E-state index is 0.282. The van der Waals surface area contributed by atoms with Crippen molar-refractivity contribution in [2.45, 2.75) is 13.0 Å². The van der Waals surface area contributed by atoms with Crippen LogP contribution in [-0.4, -0.2) is 24.4 Å². The molecule has 0 amide bonds. The maximum Gasteiger partial charge on any atom is 0.265 e. The largest absolute Gasteiger partial charge is 0.265 e. The van der Waals surface area contributed by atoms with Gasteiger partial charge in [-0.3, -0.25) is 0 Å². The van der Waals surface area contributed by atoms with Gasteiger partial charge in [0, 0.05) is 6.92 Å². The maximum atomic E-state index is 4.00. The summed E-state index contributed by atoms with van der Waals surface area (Å²) in [7, 11) is 1.82. The molecule has 0 N–H and O–H groups in total. The van der Waals surface area contributed by atoms with Crippen LogP contribution in [0.4, 0.5) is 0 Å². The lowest BCUT2D eigenvalue weighted by Gasteiger charge is -1.84. The second kappa shape index (κ2) is 1.50. The normalized spacial score (nSPS) is 29.4. The molecule has 0 bridgehead atoms. The monoisotopic (exact) mass is 98.1 g/mol. The fourth-order valence-corrected chi connectivity index (χ4v) is 0.516. The number of hydrogen-bond acceptors (Lipinski definition) is 2. The van der Waals surface area contributed by atoms with Crippen molar-refractivity contribution < 1.29 is 0 Å². The molecule has 0 aliphatic carbocycles. The molecule has 3 heteroatoms. The van der Waals surface area contributed by atoms with Gasteiger partial charge in [-0.05, 0) is 5.12 Å². The van der Waals surface area contributed by atoms with E-state index in [0.717, 1.165) is 0 Å². The molecule has 7 heavy (non-hydrogen) atoms. The van der Waals surface area contributed by atoms with Gasteiger partial charge in [0.15, 0.2) is 0 Å². The number of rotatable bonds is 0. The van der Waals surface area contributed by atoms with Crippen LogP contribution in [0.2, 0.25) is 0 Å².